The topological polar surface area (TPSA) is 54.5 Å². The molecule has 0 radical (unpaired) electrons. The second-order valence-electron chi connectivity index (χ2n) is 5.44. The number of thiazole rings is 1. The van der Waals surface area contributed by atoms with Crippen molar-refractivity contribution in [2.45, 2.75) is 4.90 Å². The molecule has 5 nitrogen and oxygen atoms in total. The van der Waals surface area contributed by atoms with Crippen molar-refractivity contribution in [3.8, 4) is 5.75 Å². The number of anilines is 2. The molecule has 0 unspecified atom stereocenters. The molecule has 0 fully saturated rings. The van der Waals surface area contributed by atoms with Crippen LogP contribution in [0.25, 0.3) is 10.2 Å². The Morgan fingerprint density at radius 2 is 2.04 bits per heavy atom. The maximum atomic E-state index is 12.3. The van der Waals surface area contributed by atoms with Gasteiger partial charge in [-0.25, -0.2) is 4.98 Å². The number of nitrogens with one attached hydrogen (secondary N) is 1. The Kier molecular flexibility index (Phi) is 5.45. The van der Waals surface area contributed by atoms with Crippen LogP contribution >= 0.6 is 23.1 Å². The summed E-state index contributed by atoms with van der Waals surface area (Å²) in [5.74, 6) is 0.664. The molecule has 0 atom stereocenters. The fraction of sp³-hybridized carbons (Fsp3) is 0.222. The van der Waals surface area contributed by atoms with Gasteiger partial charge in [0, 0.05) is 17.6 Å². The summed E-state index contributed by atoms with van der Waals surface area (Å²) < 4.78 is 6.38. The van der Waals surface area contributed by atoms with Gasteiger partial charge in [0.25, 0.3) is 0 Å². The molecule has 3 rings (SSSR count). The van der Waals surface area contributed by atoms with Gasteiger partial charge in [0.1, 0.15) is 11.3 Å². The molecule has 0 bridgehead atoms. The summed E-state index contributed by atoms with van der Waals surface area (Å²) in [6.45, 7) is 0.229. The van der Waals surface area contributed by atoms with Crippen molar-refractivity contribution < 1.29 is 9.53 Å². The first-order chi connectivity index (χ1) is 12.1. The molecular formula is C18H19N3O2S2. The van der Waals surface area contributed by atoms with E-state index in [0.29, 0.717) is 0 Å². The summed E-state index contributed by atoms with van der Waals surface area (Å²) in [5.41, 5.74) is 1.62. The highest BCUT2D eigenvalue weighted by molar-refractivity contribution is 7.98. The SMILES string of the molecule is COc1cccc2sc(N(C)CC(=O)Nc3ccc(SC)cc3)nc12. The normalized spacial score (nSPS) is 10.7. The number of thioether (sulfide) groups is 1. The van der Waals surface area contributed by atoms with E-state index in [1.807, 2.05) is 60.7 Å². The Bertz CT molecular complexity index is 878. The van der Waals surface area contributed by atoms with E-state index in [0.717, 1.165) is 26.8 Å². The Hall–Kier alpha value is -2.25. The van der Waals surface area contributed by atoms with E-state index in [1.54, 1.807) is 30.2 Å². The lowest BCUT2D eigenvalue weighted by molar-refractivity contribution is -0.114. The molecule has 0 spiro atoms. The highest BCUT2D eigenvalue weighted by atomic mass is 32.2. The van der Waals surface area contributed by atoms with Gasteiger partial charge in [0.2, 0.25) is 5.91 Å². The van der Waals surface area contributed by atoms with E-state index in [2.05, 4.69) is 10.3 Å². The van der Waals surface area contributed by atoms with Gasteiger partial charge in [0.15, 0.2) is 5.13 Å². The van der Waals surface area contributed by atoms with Crippen LogP contribution in [0.5, 0.6) is 5.75 Å². The van der Waals surface area contributed by atoms with Crippen LogP contribution in [0.1, 0.15) is 0 Å². The number of hydrogen-bond acceptors (Lipinski definition) is 6. The van der Waals surface area contributed by atoms with E-state index in [4.69, 9.17) is 4.74 Å². The quantitative estimate of drug-likeness (QED) is 0.659. The summed E-state index contributed by atoms with van der Waals surface area (Å²) in [6.07, 6.45) is 2.02. The van der Waals surface area contributed by atoms with E-state index >= 15 is 0 Å². The minimum Gasteiger partial charge on any atom is -0.494 e. The Morgan fingerprint density at radius 3 is 2.72 bits per heavy atom. The number of hydrogen-bond donors (Lipinski definition) is 1. The number of para-hydroxylation sites is 1. The van der Waals surface area contributed by atoms with Crippen molar-refractivity contribution in [2.24, 2.45) is 0 Å². The second kappa shape index (κ2) is 7.76. The average molecular weight is 374 g/mol. The molecular weight excluding hydrogens is 354 g/mol. The molecule has 0 saturated carbocycles. The van der Waals surface area contributed by atoms with Crippen LogP contribution < -0.4 is 15.0 Å². The van der Waals surface area contributed by atoms with Crippen molar-refractivity contribution >= 4 is 50.0 Å². The van der Waals surface area contributed by atoms with Crippen molar-refractivity contribution in [3.63, 3.8) is 0 Å². The minimum atomic E-state index is -0.0781. The number of methoxy groups -OCH3 is 1. The van der Waals surface area contributed by atoms with Crippen LogP contribution in [0, 0.1) is 0 Å². The highest BCUT2D eigenvalue weighted by Gasteiger charge is 2.14. The van der Waals surface area contributed by atoms with Gasteiger partial charge in [-0.2, -0.15) is 0 Å². The number of benzene rings is 2. The molecule has 0 aliphatic rings. The van der Waals surface area contributed by atoms with E-state index in [-0.39, 0.29) is 12.5 Å². The van der Waals surface area contributed by atoms with Gasteiger partial charge in [-0.1, -0.05) is 17.4 Å². The largest absolute Gasteiger partial charge is 0.494 e. The number of ether oxygens (including phenoxy) is 1. The van der Waals surface area contributed by atoms with Crippen molar-refractivity contribution in [1.82, 2.24) is 4.98 Å². The summed E-state index contributed by atoms with van der Waals surface area (Å²) in [7, 11) is 3.49. The predicted octanol–water partition coefficient (Wildman–Crippen LogP) is 4.10. The molecule has 1 amide bonds. The summed E-state index contributed by atoms with van der Waals surface area (Å²) in [5, 5.41) is 3.70. The number of fused-ring (bicyclic) bond motifs is 1. The molecule has 1 heterocycles. The third-order valence-corrected chi connectivity index (χ3v) is 5.55. The zero-order valence-electron chi connectivity index (χ0n) is 14.3. The molecule has 7 heteroatoms. The van der Waals surface area contributed by atoms with Crippen LogP contribution in [-0.2, 0) is 4.79 Å². The number of aromatic nitrogens is 1. The number of amides is 1. The number of carbonyl (C=O) groups is 1. The van der Waals surface area contributed by atoms with Crippen molar-refractivity contribution in [2.75, 3.05) is 37.2 Å². The van der Waals surface area contributed by atoms with Crippen LogP contribution in [0.4, 0.5) is 10.8 Å². The minimum absolute atomic E-state index is 0.0781. The van der Waals surface area contributed by atoms with Crippen LogP contribution in [0.15, 0.2) is 47.4 Å². The van der Waals surface area contributed by atoms with Crippen LogP contribution in [0.3, 0.4) is 0 Å². The van der Waals surface area contributed by atoms with Gasteiger partial charge >= 0.3 is 0 Å². The maximum Gasteiger partial charge on any atom is 0.243 e. The standard InChI is InChI=1S/C18H19N3O2S2/c1-21(11-16(22)19-12-7-9-13(24-3)10-8-12)18-20-17-14(23-2)5-4-6-15(17)25-18/h4-10H,11H2,1-3H3,(H,19,22). The predicted molar refractivity (Wildman–Crippen MR) is 106 cm³/mol. The second-order valence-corrected chi connectivity index (χ2v) is 7.32. The fourth-order valence-electron chi connectivity index (χ4n) is 2.40. The zero-order chi connectivity index (χ0) is 17.8. The highest BCUT2D eigenvalue weighted by Crippen LogP contribution is 2.33. The molecule has 0 aliphatic heterocycles. The smallest absolute Gasteiger partial charge is 0.243 e. The monoisotopic (exact) mass is 373 g/mol. The third kappa shape index (κ3) is 4.05. The lowest BCUT2D eigenvalue weighted by Crippen LogP contribution is -2.29. The first kappa shape index (κ1) is 17.6. The van der Waals surface area contributed by atoms with Gasteiger partial charge < -0.3 is 15.0 Å². The molecule has 0 aliphatic carbocycles. The first-order valence-corrected chi connectivity index (χ1v) is 9.73. The Labute approximate surface area is 155 Å². The first-order valence-electron chi connectivity index (χ1n) is 7.69. The lowest BCUT2D eigenvalue weighted by Gasteiger charge is -2.15. The number of rotatable bonds is 6. The van der Waals surface area contributed by atoms with Crippen LogP contribution in [0.2, 0.25) is 0 Å². The molecule has 1 aromatic heterocycles. The molecule has 0 saturated heterocycles. The Balaban J connectivity index is 1.68. The number of nitrogens with zero attached hydrogens (tertiary/aromatic N) is 2. The number of likely N-dealkylation sites (N-methyl/N-ethyl adjacent to an activating group) is 1. The zero-order valence-corrected chi connectivity index (χ0v) is 15.9. The molecule has 2 aromatic carbocycles. The van der Waals surface area contributed by atoms with E-state index < -0.39 is 0 Å². The van der Waals surface area contributed by atoms with Gasteiger partial charge in [-0.3, -0.25) is 4.79 Å². The molecule has 1 N–H and O–H groups in total. The molecule has 25 heavy (non-hydrogen) atoms. The molecule has 130 valence electrons. The third-order valence-electron chi connectivity index (χ3n) is 3.67. The lowest BCUT2D eigenvalue weighted by atomic mass is 10.3. The maximum absolute atomic E-state index is 12.3. The van der Waals surface area contributed by atoms with Crippen LogP contribution in [-0.4, -0.2) is 37.8 Å². The fourth-order valence-corrected chi connectivity index (χ4v) is 3.75. The van der Waals surface area contributed by atoms with Crippen molar-refractivity contribution in [3.05, 3.63) is 42.5 Å². The summed E-state index contributed by atoms with van der Waals surface area (Å²) >= 11 is 3.21. The Morgan fingerprint density at radius 1 is 1.28 bits per heavy atom. The van der Waals surface area contributed by atoms with Crippen molar-refractivity contribution in [1.29, 1.82) is 0 Å². The summed E-state index contributed by atoms with van der Waals surface area (Å²) in [4.78, 5) is 19.9. The van der Waals surface area contributed by atoms with E-state index in [1.165, 1.54) is 4.90 Å². The summed E-state index contributed by atoms with van der Waals surface area (Å²) in [6, 6.07) is 13.6. The molecule has 3 aromatic rings. The number of carbonyl (C=O) groups excluding carboxylic acids is 1. The van der Waals surface area contributed by atoms with Gasteiger partial charge in [-0.15, -0.1) is 11.8 Å². The average Bonchev–Trinajstić information content (AvgIpc) is 3.06. The van der Waals surface area contributed by atoms with Gasteiger partial charge in [-0.05, 0) is 42.7 Å². The van der Waals surface area contributed by atoms with E-state index in [9.17, 15) is 4.79 Å². The van der Waals surface area contributed by atoms with Gasteiger partial charge in [0.05, 0.1) is 18.4 Å².